The summed E-state index contributed by atoms with van der Waals surface area (Å²) in [7, 11) is 1.27. The molecule has 44 heavy (non-hydrogen) atoms. The van der Waals surface area contributed by atoms with Gasteiger partial charge in [-0.2, -0.15) is 18.3 Å². The second-order valence-electron chi connectivity index (χ2n) is 10.5. The second-order valence-corrected chi connectivity index (χ2v) is 10.5. The zero-order valence-corrected chi connectivity index (χ0v) is 24.0. The number of carbonyl (C=O) groups excluding carboxylic acids is 2. The molecule has 9 nitrogen and oxygen atoms in total. The van der Waals surface area contributed by atoms with Gasteiger partial charge in [-0.15, -0.1) is 0 Å². The zero-order valence-electron chi connectivity index (χ0n) is 24.0. The van der Waals surface area contributed by atoms with Gasteiger partial charge in [-0.1, -0.05) is 6.07 Å². The maximum atomic E-state index is 14.5. The molecule has 2 aromatic carbocycles. The molecule has 1 saturated carbocycles. The first-order chi connectivity index (χ1) is 20.8. The number of phenols is 1. The number of carbonyl (C=O) groups is 2. The number of hydrogen-bond acceptors (Lipinski definition) is 7. The van der Waals surface area contributed by atoms with Crippen molar-refractivity contribution in [3.63, 3.8) is 0 Å². The van der Waals surface area contributed by atoms with E-state index in [9.17, 15) is 41.8 Å². The monoisotopic (exact) mass is 625 g/mol. The molecule has 238 valence electrons. The third-order valence-corrected chi connectivity index (χ3v) is 7.53. The maximum Gasteiger partial charge on any atom is 0.433 e. The van der Waals surface area contributed by atoms with Gasteiger partial charge in [0.25, 0.3) is 5.91 Å². The Morgan fingerprint density at radius 3 is 2.36 bits per heavy atom. The van der Waals surface area contributed by atoms with E-state index in [4.69, 9.17) is 9.47 Å². The molecule has 1 unspecified atom stereocenters. The number of rotatable bonds is 10. The van der Waals surface area contributed by atoms with Crippen LogP contribution in [0.5, 0.6) is 11.5 Å². The molecular weight excluding hydrogens is 593 g/mol. The summed E-state index contributed by atoms with van der Waals surface area (Å²) in [5, 5.41) is 25.3. The summed E-state index contributed by atoms with van der Waals surface area (Å²) in [6, 6.07) is 5.76. The van der Waals surface area contributed by atoms with Crippen LogP contribution in [0.15, 0.2) is 42.6 Å². The van der Waals surface area contributed by atoms with E-state index in [-0.39, 0.29) is 49.2 Å². The van der Waals surface area contributed by atoms with Crippen LogP contribution in [0.3, 0.4) is 0 Å². The minimum Gasteiger partial charge on any atom is -0.507 e. The Morgan fingerprint density at radius 1 is 1.11 bits per heavy atom. The molecule has 0 saturated heterocycles. The van der Waals surface area contributed by atoms with E-state index in [1.165, 1.54) is 25.3 Å². The van der Waals surface area contributed by atoms with Gasteiger partial charge in [-0.3, -0.25) is 14.3 Å². The molecule has 0 spiro atoms. The van der Waals surface area contributed by atoms with Gasteiger partial charge in [0, 0.05) is 12.6 Å². The highest BCUT2D eigenvalue weighted by Gasteiger charge is 2.43. The Labute approximate surface area is 249 Å². The Hall–Kier alpha value is -4.20. The molecule has 1 aliphatic rings. The number of methoxy groups -OCH3 is 1. The Kier molecular flexibility index (Phi) is 10.1. The van der Waals surface area contributed by atoms with E-state index in [1.807, 2.05) is 0 Å². The molecule has 1 heterocycles. The fraction of sp³-hybridized carbons (Fsp3) is 0.433. The number of nitrogens with zero attached hydrogens (tertiary/aromatic N) is 3. The summed E-state index contributed by atoms with van der Waals surface area (Å²) in [5.41, 5.74) is -2.39. The molecule has 1 amide bonds. The summed E-state index contributed by atoms with van der Waals surface area (Å²) in [6.45, 7) is 0.574. The van der Waals surface area contributed by atoms with Gasteiger partial charge in [0.2, 0.25) is 0 Å². The van der Waals surface area contributed by atoms with Crippen LogP contribution in [0.4, 0.5) is 22.0 Å². The van der Waals surface area contributed by atoms with Crippen molar-refractivity contribution in [3.8, 4) is 11.5 Å². The number of aromatic hydroxyl groups is 1. The summed E-state index contributed by atoms with van der Waals surface area (Å²) in [6.07, 6.45) is -5.02. The van der Waals surface area contributed by atoms with Crippen LogP contribution in [0.1, 0.15) is 71.9 Å². The first-order valence-electron chi connectivity index (χ1n) is 13.9. The van der Waals surface area contributed by atoms with E-state index >= 15 is 0 Å². The number of esters is 1. The van der Waals surface area contributed by atoms with Crippen LogP contribution in [-0.2, 0) is 22.3 Å². The zero-order chi connectivity index (χ0) is 32.2. The maximum absolute atomic E-state index is 14.5. The minimum atomic E-state index is -5.03. The van der Waals surface area contributed by atoms with Crippen LogP contribution in [0, 0.1) is 17.6 Å². The fourth-order valence-corrected chi connectivity index (χ4v) is 5.55. The molecule has 1 aromatic heterocycles. The molecule has 14 heteroatoms. The molecule has 4 rings (SSSR count). The van der Waals surface area contributed by atoms with Crippen LogP contribution < -0.4 is 4.74 Å². The first kappa shape index (κ1) is 32.7. The van der Waals surface area contributed by atoms with Crippen molar-refractivity contribution < 1.29 is 51.2 Å². The Bertz CT molecular complexity index is 1470. The summed E-state index contributed by atoms with van der Waals surface area (Å²) >= 11 is 0. The Morgan fingerprint density at radius 2 is 1.77 bits per heavy atom. The molecule has 0 aliphatic heterocycles. The summed E-state index contributed by atoms with van der Waals surface area (Å²) in [4.78, 5) is 26.7. The lowest BCUT2D eigenvalue weighted by Crippen LogP contribution is -2.36. The second kappa shape index (κ2) is 13.6. The van der Waals surface area contributed by atoms with Gasteiger partial charge in [-0.25, -0.2) is 8.78 Å². The van der Waals surface area contributed by atoms with Crippen molar-refractivity contribution in [3.05, 3.63) is 76.6 Å². The van der Waals surface area contributed by atoms with Crippen LogP contribution >= 0.6 is 0 Å². The van der Waals surface area contributed by atoms with Gasteiger partial charge in [0.05, 0.1) is 49.5 Å². The van der Waals surface area contributed by atoms with Crippen LogP contribution in [-0.4, -0.2) is 57.0 Å². The average molecular weight is 626 g/mol. The average Bonchev–Trinajstić information content (AvgIpc) is 3.42. The van der Waals surface area contributed by atoms with Crippen molar-refractivity contribution in [2.45, 2.75) is 57.5 Å². The smallest absolute Gasteiger partial charge is 0.433 e. The molecular formula is C30H32F5N3O6. The molecule has 1 aliphatic carbocycles. The number of aliphatic hydroxyl groups is 1. The molecule has 1 atom stereocenters. The highest BCUT2D eigenvalue weighted by molar-refractivity contribution is 5.95. The lowest BCUT2D eigenvalue weighted by molar-refractivity contribution is -0.151. The summed E-state index contributed by atoms with van der Waals surface area (Å²) < 4.78 is 82.5. The molecule has 0 radical (unpaired) electrons. The lowest BCUT2D eigenvalue weighted by Gasteiger charge is -2.29. The third-order valence-electron chi connectivity index (χ3n) is 7.53. The molecule has 1 fully saturated rings. The van der Waals surface area contributed by atoms with Gasteiger partial charge in [-0.05, 0) is 62.4 Å². The van der Waals surface area contributed by atoms with Crippen LogP contribution in [0.2, 0.25) is 0 Å². The van der Waals surface area contributed by atoms with Gasteiger partial charge in [0.1, 0.15) is 29.2 Å². The number of aromatic nitrogens is 2. The summed E-state index contributed by atoms with van der Waals surface area (Å²) in [5.74, 6) is -4.39. The van der Waals surface area contributed by atoms with E-state index in [1.54, 1.807) is 6.92 Å². The largest absolute Gasteiger partial charge is 0.507 e. The topological polar surface area (TPSA) is 114 Å². The number of aliphatic hydroxyl groups excluding tert-OH is 1. The normalized spacial score (nSPS) is 17.6. The van der Waals surface area contributed by atoms with Crippen molar-refractivity contribution in [1.82, 2.24) is 14.7 Å². The molecule has 0 bridgehead atoms. The van der Waals surface area contributed by atoms with E-state index in [2.05, 4.69) is 5.10 Å². The van der Waals surface area contributed by atoms with Crippen molar-refractivity contribution >= 4 is 11.9 Å². The predicted octanol–water partition coefficient (Wildman–Crippen LogP) is 5.56. The van der Waals surface area contributed by atoms with E-state index in [0.29, 0.717) is 6.07 Å². The van der Waals surface area contributed by atoms with Gasteiger partial charge < -0.3 is 24.6 Å². The number of benzene rings is 2. The number of alkyl halides is 3. The number of halogens is 5. The first-order valence-corrected chi connectivity index (χ1v) is 13.9. The fourth-order valence-electron chi connectivity index (χ4n) is 5.55. The third kappa shape index (κ3) is 7.29. The van der Waals surface area contributed by atoms with Crippen molar-refractivity contribution in [2.24, 2.45) is 5.92 Å². The SMILES string of the molecule is CCOC(=O)[C@H]1CC[C@H](n2ncc(C(=O)N(Cc3cc(F)cc(F)c3)CC(O)c3c(O)cccc3OC)c2C(F)(F)F)CC1. The molecule has 2 N–H and O–H groups in total. The number of phenolic OH excluding ortho intramolecular Hbond substituents is 1. The Balaban J connectivity index is 1.70. The molecule has 3 aromatic rings. The number of ether oxygens (including phenoxy) is 2. The standard InChI is InChI=1S/C30H32F5N3O6/c1-3-44-29(42)18-7-9-21(10-8-18)38-27(30(33,34)35)22(14-36-38)28(41)37(15-17-11-19(31)13-20(32)12-17)16-24(40)26-23(39)5-4-6-25(26)43-2/h4-6,11-14,18,21,24,39-40H,3,7-10,15-16H2,1-2H3/t18-,21-,24?. The minimum absolute atomic E-state index is 0.0453. The van der Waals surface area contributed by atoms with Gasteiger partial charge in [0.15, 0.2) is 5.69 Å². The lowest BCUT2D eigenvalue weighted by atomic mass is 9.86. The van der Waals surface area contributed by atoms with Gasteiger partial charge >= 0.3 is 12.1 Å². The predicted molar refractivity (Wildman–Crippen MR) is 146 cm³/mol. The van der Waals surface area contributed by atoms with E-state index < -0.39 is 77.8 Å². The quantitative estimate of drug-likeness (QED) is 0.224. The number of hydrogen-bond donors (Lipinski definition) is 2. The highest BCUT2D eigenvalue weighted by atomic mass is 19.4. The van der Waals surface area contributed by atoms with Crippen LogP contribution in [0.25, 0.3) is 0 Å². The van der Waals surface area contributed by atoms with Crippen molar-refractivity contribution in [2.75, 3.05) is 20.3 Å². The van der Waals surface area contributed by atoms with E-state index in [0.717, 1.165) is 27.9 Å². The number of amides is 1. The van der Waals surface area contributed by atoms with Crippen molar-refractivity contribution in [1.29, 1.82) is 0 Å². The highest BCUT2D eigenvalue weighted by Crippen LogP contribution is 2.40.